The molecular weight excluding hydrogens is 339 g/mol. The fourth-order valence-electron chi connectivity index (χ4n) is 2.64. The van der Waals surface area contributed by atoms with Crippen molar-refractivity contribution in [2.24, 2.45) is 5.73 Å². The van der Waals surface area contributed by atoms with Gasteiger partial charge in [0.1, 0.15) is 24.2 Å². The number of amides is 1. The largest absolute Gasteiger partial charge is 0.494 e. The zero-order valence-electron chi connectivity index (χ0n) is 14.0. The SMILES string of the molecule is C[C@H](C(N)=O)n1c(O)c2ccc(OCc3ccc(F)cc3)cc2cc1=O. The van der Waals surface area contributed by atoms with Crippen LogP contribution in [0.3, 0.4) is 0 Å². The van der Waals surface area contributed by atoms with Crippen molar-refractivity contribution < 1.29 is 19.0 Å². The maximum Gasteiger partial charge on any atom is 0.254 e. The lowest BCUT2D eigenvalue weighted by Crippen LogP contribution is -2.31. The highest BCUT2D eigenvalue weighted by Crippen LogP contribution is 2.28. The first kappa shape index (κ1) is 17.5. The second-order valence-electron chi connectivity index (χ2n) is 5.92. The van der Waals surface area contributed by atoms with Gasteiger partial charge in [-0.3, -0.25) is 14.2 Å². The molecule has 0 unspecified atom stereocenters. The number of nitrogens with zero attached hydrogens (tertiary/aromatic N) is 1. The average Bonchev–Trinajstić information content (AvgIpc) is 2.60. The highest BCUT2D eigenvalue weighted by atomic mass is 19.1. The van der Waals surface area contributed by atoms with E-state index in [4.69, 9.17) is 10.5 Å². The Morgan fingerprint density at radius 2 is 1.92 bits per heavy atom. The Morgan fingerprint density at radius 3 is 2.58 bits per heavy atom. The molecule has 1 amide bonds. The van der Waals surface area contributed by atoms with Gasteiger partial charge in [0, 0.05) is 11.5 Å². The Balaban J connectivity index is 1.91. The van der Waals surface area contributed by atoms with Gasteiger partial charge in [0.05, 0.1) is 0 Å². The van der Waals surface area contributed by atoms with Gasteiger partial charge < -0.3 is 15.6 Å². The predicted octanol–water partition coefficient (Wildman–Crippen LogP) is 2.47. The number of halogens is 1. The van der Waals surface area contributed by atoms with E-state index in [-0.39, 0.29) is 18.3 Å². The summed E-state index contributed by atoms with van der Waals surface area (Å²) in [5.74, 6) is -0.886. The molecule has 3 N–H and O–H groups in total. The number of hydrogen-bond acceptors (Lipinski definition) is 4. The normalized spacial score (nSPS) is 12.1. The Bertz CT molecular complexity index is 1030. The first-order valence-corrected chi connectivity index (χ1v) is 7.91. The van der Waals surface area contributed by atoms with E-state index in [1.54, 1.807) is 30.3 Å². The van der Waals surface area contributed by atoms with E-state index in [9.17, 15) is 19.1 Å². The molecule has 3 rings (SSSR count). The number of rotatable bonds is 5. The molecule has 6 nitrogen and oxygen atoms in total. The fourth-order valence-corrected chi connectivity index (χ4v) is 2.64. The third-order valence-corrected chi connectivity index (χ3v) is 4.13. The molecule has 134 valence electrons. The van der Waals surface area contributed by atoms with Crippen LogP contribution in [0.2, 0.25) is 0 Å². The molecule has 1 atom stereocenters. The number of benzene rings is 2. The van der Waals surface area contributed by atoms with Gasteiger partial charge in [-0.25, -0.2) is 4.39 Å². The van der Waals surface area contributed by atoms with Crippen LogP contribution in [0.1, 0.15) is 18.5 Å². The van der Waals surface area contributed by atoms with Crippen molar-refractivity contribution in [3.63, 3.8) is 0 Å². The molecule has 0 saturated carbocycles. The first-order valence-electron chi connectivity index (χ1n) is 7.91. The molecular formula is C19H17FN2O4. The zero-order chi connectivity index (χ0) is 18.8. The van der Waals surface area contributed by atoms with Crippen molar-refractivity contribution in [3.8, 4) is 11.6 Å². The van der Waals surface area contributed by atoms with Gasteiger partial charge >= 0.3 is 0 Å². The van der Waals surface area contributed by atoms with Gasteiger partial charge in [-0.15, -0.1) is 0 Å². The van der Waals surface area contributed by atoms with Gasteiger partial charge in [0.15, 0.2) is 0 Å². The highest BCUT2D eigenvalue weighted by Gasteiger charge is 2.18. The van der Waals surface area contributed by atoms with Crippen LogP contribution in [0.4, 0.5) is 4.39 Å². The van der Waals surface area contributed by atoms with E-state index in [0.29, 0.717) is 16.5 Å². The minimum atomic E-state index is -0.971. The van der Waals surface area contributed by atoms with E-state index < -0.39 is 17.5 Å². The quantitative estimate of drug-likeness (QED) is 0.734. The maximum absolute atomic E-state index is 12.9. The first-order chi connectivity index (χ1) is 12.4. The number of nitrogens with two attached hydrogens (primary N) is 1. The lowest BCUT2D eigenvalue weighted by Gasteiger charge is -2.15. The second-order valence-corrected chi connectivity index (χ2v) is 5.92. The van der Waals surface area contributed by atoms with Crippen molar-refractivity contribution in [2.45, 2.75) is 19.6 Å². The highest BCUT2D eigenvalue weighted by molar-refractivity contribution is 5.88. The summed E-state index contributed by atoms with van der Waals surface area (Å²) in [7, 11) is 0. The second kappa shape index (κ2) is 6.87. The monoisotopic (exact) mass is 356 g/mol. The van der Waals surface area contributed by atoms with Gasteiger partial charge in [0.25, 0.3) is 5.56 Å². The van der Waals surface area contributed by atoms with Crippen molar-refractivity contribution in [1.29, 1.82) is 0 Å². The summed E-state index contributed by atoms with van der Waals surface area (Å²) in [6, 6.07) is 11.1. The van der Waals surface area contributed by atoms with Gasteiger partial charge in [0.2, 0.25) is 11.8 Å². The van der Waals surface area contributed by atoms with Crippen LogP contribution in [-0.2, 0) is 11.4 Å². The van der Waals surface area contributed by atoms with Crippen molar-refractivity contribution in [2.75, 3.05) is 0 Å². The molecule has 26 heavy (non-hydrogen) atoms. The van der Waals surface area contributed by atoms with Crippen molar-refractivity contribution in [1.82, 2.24) is 4.57 Å². The molecule has 7 heteroatoms. The molecule has 1 aromatic heterocycles. The maximum atomic E-state index is 12.9. The Labute approximate surface area is 148 Å². The molecule has 0 aliphatic rings. The number of aromatic hydroxyl groups is 1. The van der Waals surface area contributed by atoms with Crippen LogP contribution in [0.5, 0.6) is 11.6 Å². The average molecular weight is 356 g/mol. The summed E-state index contributed by atoms with van der Waals surface area (Å²) < 4.78 is 19.5. The summed E-state index contributed by atoms with van der Waals surface area (Å²) >= 11 is 0. The predicted molar refractivity (Wildman–Crippen MR) is 94.5 cm³/mol. The van der Waals surface area contributed by atoms with Crippen molar-refractivity contribution in [3.05, 3.63) is 70.3 Å². The van der Waals surface area contributed by atoms with Gasteiger partial charge in [-0.1, -0.05) is 12.1 Å². The molecule has 0 fully saturated rings. The summed E-state index contributed by atoms with van der Waals surface area (Å²) in [4.78, 5) is 23.6. The van der Waals surface area contributed by atoms with Crippen LogP contribution >= 0.6 is 0 Å². The molecule has 2 aromatic carbocycles. The molecule has 0 aliphatic carbocycles. The number of fused-ring (bicyclic) bond motifs is 1. The number of pyridine rings is 1. The number of carbonyl (C=O) groups is 1. The standard InChI is InChI=1S/C19H17FN2O4/c1-11(18(21)24)22-17(23)9-13-8-15(6-7-16(13)19(22)25)26-10-12-2-4-14(20)5-3-12/h2-9,11,25H,10H2,1H3,(H2,21,24)/t11-/m1/s1. The molecule has 1 heterocycles. The number of ether oxygens (including phenoxy) is 1. The molecule has 0 saturated heterocycles. The zero-order valence-corrected chi connectivity index (χ0v) is 14.0. The van der Waals surface area contributed by atoms with E-state index in [2.05, 4.69) is 0 Å². The molecule has 0 bridgehead atoms. The molecule has 0 radical (unpaired) electrons. The number of hydrogen-bond donors (Lipinski definition) is 2. The molecule has 3 aromatic rings. The van der Waals surface area contributed by atoms with Crippen LogP contribution in [0.15, 0.2) is 53.3 Å². The van der Waals surface area contributed by atoms with Crippen LogP contribution in [0.25, 0.3) is 10.8 Å². The van der Waals surface area contributed by atoms with Crippen LogP contribution in [-0.4, -0.2) is 15.6 Å². The van der Waals surface area contributed by atoms with Crippen LogP contribution in [0, 0.1) is 5.82 Å². The van der Waals surface area contributed by atoms with Gasteiger partial charge in [-0.05, 0) is 48.2 Å². The van der Waals surface area contributed by atoms with E-state index in [1.165, 1.54) is 25.1 Å². The lowest BCUT2D eigenvalue weighted by molar-refractivity contribution is -0.120. The van der Waals surface area contributed by atoms with Crippen LogP contribution < -0.4 is 16.0 Å². The molecule has 0 aliphatic heterocycles. The number of carbonyl (C=O) groups excluding carboxylic acids is 1. The van der Waals surface area contributed by atoms with E-state index in [0.717, 1.165) is 10.1 Å². The summed E-state index contributed by atoms with van der Waals surface area (Å²) in [5, 5.41) is 11.2. The Hall–Kier alpha value is -3.35. The number of aromatic nitrogens is 1. The smallest absolute Gasteiger partial charge is 0.254 e. The Kier molecular flexibility index (Phi) is 4.62. The third kappa shape index (κ3) is 3.37. The lowest BCUT2D eigenvalue weighted by atomic mass is 10.1. The fraction of sp³-hybridized carbons (Fsp3) is 0.158. The van der Waals surface area contributed by atoms with Crippen molar-refractivity contribution >= 4 is 16.7 Å². The summed E-state index contributed by atoms with van der Waals surface area (Å²) in [5.41, 5.74) is 5.47. The van der Waals surface area contributed by atoms with E-state index >= 15 is 0 Å². The Morgan fingerprint density at radius 1 is 1.23 bits per heavy atom. The van der Waals surface area contributed by atoms with Gasteiger partial charge in [-0.2, -0.15) is 0 Å². The third-order valence-electron chi connectivity index (χ3n) is 4.13. The molecule has 0 spiro atoms. The minimum absolute atomic E-state index is 0.230. The topological polar surface area (TPSA) is 94.6 Å². The summed E-state index contributed by atoms with van der Waals surface area (Å²) in [6.07, 6.45) is 0. The summed E-state index contributed by atoms with van der Waals surface area (Å²) in [6.45, 7) is 1.67. The van der Waals surface area contributed by atoms with E-state index in [1.807, 2.05) is 0 Å². The number of primary amides is 1. The minimum Gasteiger partial charge on any atom is -0.494 e.